The van der Waals surface area contributed by atoms with Crippen molar-refractivity contribution in [2.24, 2.45) is 0 Å². The Morgan fingerprint density at radius 1 is 1.44 bits per heavy atom. The van der Waals surface area contributed by atoms with Crippen molar-refractivity contribution in [2.45, 2.75) is 0 Å². The van der Waals surface area contributed by atoms with E-state index in [0.29, 0.717) is 4.47 Å². The highest BCUT2D eigenvalue weighted by Gasteiger charge is 2.15. The van der Waals surface area contributed by atoms with Crippen molar-refractivity contribution in [3.8, 4) is 11.3 Å². The molecule has 2 aromatic rings. The number of nitrogens with zero attached hydrogens (tertiary/aromatic N) is 1. The lowest BCUT2D eigenvalue weighted by atomic mass is 10.1. The molecule has 0 saturated heterocycles. The first kappa shape index (κ1) is 10.8. The summed E-state index contributed by atoms with van der Waals surface area (Å²) < 4.78 is 18.6. The third-order valence-corrected chi connectivity index (χ3v) is 2.42. The molecule has 0 aliphatic carbocycles. The third-order valence-electron chi connectivity index (χ3n) is 1.93. The molecule has 4 nitrogen and oxygen atoms in total. The second-order valence-corrected chi connectivity index (χ2v) is 3.92. The molecule has 16 heavy (non-hydrogen) atoms. The van der Waals surface area contributed by atoms with E-state index in [-0.39, 0.29) is 17.0 Å². The quantitative estimate of drug-likeness (QED) is 0.921. The van der Waals surface area contributed by atoms with Crippen LogP contribution in [0, 0.1) is 5.82 Å². The summed E-state index contributed by atoms with van der Waals surface area (Å²) in [6.07, 6.45) is 0. The number of carboxylic acid groups (broad SMARTS) is 1. The number of benzene rings is 1. The molecule has 82 valence electrons. The Balaban J connectivity index is 2.50. The van der Waals surface area contributed by atoms with Gasteiger partial charge in [0, 0.05) is 16.1 Å². The molecular weight excluding hydrogens is 281 g/mol. The molecule has 0 spiro atoms. The smallest absolute Gasteiger partial charge is 0.374 e. The maximum Gasteiger partial charge on any atom is 0.374 e. The second-order valence-electron chi connectivity index (χ2n) is 3.01. The van der Waals surface area contributed by atoms with Crippen LogP contribution < -0.4 is 0 Å². The number of hydrogen-bond acceptors (Lipinski definition) is 3. The molecule has 0 unspecified atom stereocenters. The Morgan fingerprint density at radius 3 is 2.81 bits per heavy atom. The average molecular weight is 286 g/mol. The number of carbonyl (C=O) groups is 1. The van der Waals surface area contributed by atoms with E-state index in [1.54, 1.807) is 0 Å². The molecule has 0 aliphatic heterocycles. The van der Waals surface area contributed by atoms with Gasteiger partial charge < -0.3 is 9.63 Å². The summed E-state index contributed by atoms with van der Waals surface area (Å²) >= 11 is 3.19. The molecule has 1 N–H and O–H groups in total. The van der Waals surface area contributed by atoms with Gasteiger partial charge in [-0.05, 0) is 18.2 Å². The monoisotopic (exact) mass is 285 g/mol. The Morgan fingerprint density at radius 2 is 2.19 bits per heavy atom. The summed E-state index contributed by atoms with van der Waals surface area (Å²) in [5.41, 5.74) is 0.335. The molecule has 1 aromatic heterocycles. The van der Waals surface area contributed by atoms with Crippen molar-refractivity contribution in [3.63, 3.8) is 0 Å². The Bertz CT molecular complexity index is 553. The standard InChI is InChI=1S/C10H5BrFNO3/c11-5-1-2-7(12)6(3-5)8-4-9(10(14)15)16-13-8/h1-4H,(H,14,15). The van der Waals surface area contributed by atoms with Crippen LogP contribution in [0.3, 0.4) is 0 Å². The van der Waals surface area contributed by atoms with Gasteiger partial charge >= 0.3 is 5.97 Å². The van der Waals surface area contributed by atoms with Crippen LogP contribution in [0.2, 0.25) is 0 Å². The zero-order chi connectivity index (χ0) is 11.7. The van der Waals surface area contributed by atoms with Gasteiger partial charge in [0.2, 0.25) is 5.76 Å². The molecule has 2 rings (SSSR count). The van der Waals surface area contributed by atoms with Crippen molar-refractivity contribution in [2.75, 3.05) is 0 Å². The SMILES string of the molecule is O=C(O)c1cc(-c2cc(Br)ccc2F)no1. The first-order valence-corrected chi connectivity index (χ1v) is 5.02. The minimum Gasteiger partial charge on any atom is -0.475 e. The van der Waals surface area contributed by atoms with Crippen molar-refractivity contribution in [1.29, 1.82) is 0 Å². The van der Waals surface area contributed by atoms with Crippen LogP contribution >= 0.6 is 15.9 Å². The van der Waals surface area contributed by atoms with E-state index in [2.05, 4.69) is 25.6 Å². The maximum atomic E-state index is 13.4. The Labute approximate surface area is 97.8 Å². The predicted octanol–water partition coefficient (Wildman–Crippen LogP) is 2.94. The second kappa shape index (κ2) is 4.05. The maximum absolute atomic E-state index is 13.4. The zero-order valence-electron chi connectivity index (χ0n) is 7.78. The van der Waals surface area contributed by atoms with Gasteiger partial charge in [0.05, 0.1) is 0 Å². The highest BCUT2D eigenvalue weighted by Crippen LogP contribution is 2.25. The van der Waals surface area contributed by atoms with Crippen molar-refractivity contribution in [3.05, 3.63) is 40.3 Å². The number of hydrogen-bond donors (Lipinski definition) is 1. The van der Waals surface area contributed by atoms with Crippen LogP contribution in [-0.4, -0.2) is 16.2 Å². The van der Waals surface area contributed by atoms with Crippen LogP contribution in [0.1, 0.15) is 10.6 Å². The minimum absolute atomic E-state index is 0.149. The minimum atomic E-state index is -1.24. The van der Waals surface area contributed by atoms with E-state index >= 15 is 0 Å². The van der Waals surface area contributed by atoms with E-state index in [1.165, 1.54) is 24.3 Å². The normalized spacial score (nSPS) is 10.4. The van der Waals surface area contributed by atoms with Crippen LogP contribution in [0.4, 0.5) is 4.39 Å². The van der Waals surface area contributed by atoms with E-state index in [1.807, 2.05) is 0 Å². The first-order chi connectivity index (χ1) is 7.58. The summed E-state index contributed by atoms with van der Waals surface area (Å²) in [5, 5.41) is 12.1. The van der Waals surface area contributed by atoms with E-state index < -0.39 is 11.8 Å². The topological polar surface area (TPSA) is 63.3 Å². The summed E-state index contributed by atoms with van der Waals surface area (Å²) in [6.45, 7) is 0. The van der Waals surface area contributed by atoms with Crippen LogP contribution in [-0.2, 0) is 0 Å². The molecule has 0 radical (unpaired) electrons. The summed E-state index contributed by atoms with van der Waals surface area (Å²) in [4.78, 5) is 10.6. The number of rotatable bonds is 2. The molecule has 0 atom stereocenters. The van der Waals surface area contributed by atoms with Crippen LogP contribution in [0.15, 0.2) is 33.3 Å². The first-order valence-electron chi connectivity index (χ1n) is 4.23. The van der Waals surface area contributed by atoms with E-state index in [9.17, 15) is 9.18 Å². The lowest BCUT2D eigenvalue weighted by Crippen LogP contribution is -1.91. The fourth-order valence-electron chi connectivity index (χ4n) is 1.20. The van der Waals surface area contributed by atoms with Gasteiger partial charge in [0.15, 0.2) is 0 Å². The van der Waals surface area contributed by atoms with E-state index in [4.69, 9.17) is 5.11 Å². The molecule has 0 amide bonds. The molecule has 1 aromatic carbocycles. The molecule has 6 heteroatoms. The fraction of sp³-hybridized carbons (Fsp3) is 0. The lowest BCUT2D eigenvalue weighted by Gasteiger charge is -1.98. The van der Waals surface area contributed by atoms with E-state index in [0.717, 1.165) is 0 Å². The predicted molar refractivity (Wildman–Crippen MR) is 56.6 cm³/mol. The molecule has 1 heterocycles. The van der Waals surface area contributed by atoms with Gasteiger partial charge in [0.1, 0.15) is 11.5 Å². The van der Waals surface area contributed by atoms with Crippen LogP contribution in [0.5, 0.6) is 0 Å². The average Bonchev–Trinajstić information content (AvgIpc) is 2.70. The summed E-state index contributed by atoms with van der Waals surface area (Å²) in [6, 6.07) is 5.47. The molecule has 0 fully saturated rings. The summed E-state index contributed by atoms with van der Waals surface area (Å²) in [7, 11) is 0. The highest BCUT2D eigenvalue weighted by atomic mass is 79.9. The van der Waals surface area contributed by atoms with Gasteiger partial charge in [-0.1, -0.05) is 21.1 Å². The Hall–Kier alpha value is -1.69. The number of aromatic carboxylic acids is 1. The molecule has 0 aliphatic rings. The number of aromatic nitrogens is 1. The molecule has 0 saturated carbocycles. The number of halogens is 2. The number of carboxylic acids is 1. The van der Waals surface area contributed by atoms with Crippen molar-refractivity contribution in [1.82, 2.24) is 5.16 Å². The summed E-state index contributed by atoms with van der Waals surface area (Å²) in [5.74, 6) is -2.06. The molecular formula is C10H5BrFNO3. The zero-order valence-corrected chi connectivity index (χ0v) is 9.36. The van der Waals surface area contributed by atoms with Gasteiger partial charge in [-0.25, -0.2) is 9.18 Å². The third kappa shape index (κ3) is 1.96. The lowest BCUT2D eigenvalue weighted by molar-refractivity contribution is 0.0652. The Kier molecular flexibility index (Phi) is 2.74. The van der Waals surface area contributed by atoms with Crippen molar-refractivity contribution >= 4 is 21.9 Å². The largest absolute Gasteiger partial charge is 0.475 e. The fourth-order valence-corrected chi connectivity index (χ4v) is 1.56. The molecule has 0 bridgehead atoms. The van der Waals surface area contributed by atoms with Crippen molar-refractivity contribution < 1.29 is 18.8 Å². The highest BCUT2D eigenvalue weighted by molar-refractivity contribution is 9.10. The van der Waals surface area contributed by atoms with Gasteiger partial charge in [0.25, 0.3) is 0 Å². The van der Waals surface area contributed by atoms with Gasteiger partial charge in [-0.3, -0.25) is 0 Å². The van der Waals surface area contributed by atoms with Crippen LogP contribution in [0.25, 0.3) is 11.3 Å². The van der Waals surface area contributed by atoms with Gasteiger partial charge in [-0.2, -0.15) is 0 Å². The van der Waals surface area contributed by atoms with Gasteiger partial charge in [-0.15, -0.1) is 0 Å².